The van der Waals surface area contributed by atoms with Crippen LogP contribution in [-0.2, 0) is 6.61 Å². The molecule has 0 atom stereocenters. The number of rotatable bonds is 6. The van der Waals surface area contributed by atoms with Gasteiger partial charge in [0.2, 0.25) is 0 Å². The highest BCUT2D eigenvalue weighted by Gasteiger charge is 2.13. The number of aryl methyl sites for hydroxylation is 2. The fraction of sp³-hybridized carbons (Fsp3) is 0.227. The molecular weight excluding hydrogens is 338 g/mol. The van der Waals surface area contributed by atoms with Crippen molar-refractivity contribution in [3.63, 3.8) is 0 Å². The second-order valence-corrected chi connectivity index (χ2v) is 6.51. The van der Waals surface area contributed by atoms with Gasteiger partial charge >= 0.3 is 0 Å². The minimum absolute atomic E-state index is 0.365. The van der Waals surface area contributed by atoms with Gasteiger partial charge in [-0.3, -0.25) is 4.98 Å². The molecule has 5 nitrogen and oxygen atoms in total. The molecule has 0 aliphatic heterocycles. The van der Waals surface area contributed by atoms with Crippen LogP contribution in [0.15, 0.2) is 54.7 Å². The lowest BCUT2D eigenvalue weighted by atomic mass is 10.0. The molecule has 3 aromatic rings. The molecule has 0 saturated heterocycles. The SMILES string of the molecule is COc1cccc(N(C)N)c1COc1ccc(-c2ncccc2C)cc1C. The summed E-state index contributed by atoms with van der Waals surface area (Å²) in [5, 5.41) is 1.57. The lowest BCUT2D eigenvalue weighted by Gasteiger charge is -2.20. The smallest absolute Gasteiger partial charge is 0.127 e. The van der Waals surface area contributed by atoms with E-state index in [9.17, 15) is 0 Å². The van der Waals surface area contributed by atoms with E-state index in [1.165, 1.54) is 0 Å². The lowest BCUT2D eigenvalue weighted by molar-refractivity contribution is 0.295. The van der Waals surface area contributed by atoms with Crippen LogP contribution in [0.4, 0.5) is 5.69 Å². The Labute approximate surface area is 160 Å². The van der Waals surface area contributed by atoms with Gasteiger partial charge < -0.3 is 14.5 Å². The molecule has 5 heteroatoms. The van der Waals surface area contributed by atoms with Gasteiger partial charge in [0.05, 0.1) is 24.1 Å². The molecule has 0 radical (unpaired) electrons. The Hall–Kier alpha value is -3.05. The molecule has 0 bridgehead atoms. The third-order valence-electron chi connectivity index (χ3n) is 4.54. The molecule has 0 amide bonds. The van der Waals surface area contributed by atoms with Crippen LogP contribution >= 0.6 is 0 Å². The van der Waals surface area contributed by atoms with Gasteiger partial charge in [-0.15, -0.1) is 0 Å². The molecule has 0 saturated carbocycles. The molecule has 27 heavy (non-hydrogen) atoms. The first-order valence-electron chi connectivity index (χ1n) is 8.81. The quantitative estimate of drug-likeness (QED) is 0.524. The first-order valence-corrected chi connectivity index (χ1v) is 8.81. The van der Waals surface area contributed by atoms with Crippen LogP contribution in [0.5, 0.6) is 11.5 Å². The molecule has 3 rings (SSSR count). The van der Waals surface area contributed by atoms with Crippen molar-refractivity contribution in [1.29, 1.82) is 0 Å². The van der Waals surface area contributed by atoms with E-state index in [1.54, 1.807) is 19.2 Å². The van der Waals surface area contributed by atoms with E-state index < -0.39 is 0 Å². The highest BCUT2D eigenvalue weighted by molar-refractivity contribution is 5.65. The molecule has 1 aromatic heterocycles. The molecule has 0 fully saturated rings. The second kappa shape index (κ2) is 8.10. The van der Waals surface area contributed by atoms with E-state index in [2.05, 4.69) is 24.0 Å². The minimum atomic E-state index is 0.365. The van der Waals surface area contributed by atoms with E-state index >= 15 is 0 Å². The maximum atomic E-state index is 6.09. The van der Waals surface area contributed by atoms with Crippen LogP contribution in [0.1, 0.15) is 16.7 Å². The standard InChI is InChI=1S/C22H25N3O2/c1-15-7-6-12-24-22(15)17-10-11-20(16(2)13-17)27-14-18-19(25(3)23)8-5-9-21(18)26-4/h5-13H,14,23H2,1-4H3. The Morgan fingerprint density at radius 2 is 1.81 bits per heavy atom. The maximum absolute atomic E-state index is 6.09. The minimum Gasteiger partial charge on any atom is -0.496 e. The Morgan fingerprint density at radius 1 is 1.00 bits per heavy atom. The normalized spacial score (nSPS) is 10.6. The zero-order valence-corrected chi connectivity index (χ0v) is 16.2. The number of hydrogen-bond acceptors (Lipinski definition) is 5. The fourth-order valence-corrected chi connectivity index (χ4v) is 3.12. The van der Waals surface area contributed by atoms with Crippen molar-refractivity contribution >= 4 is 5.69 Å². The topological polar surface area (TPSA) is 60.6 Å². The molecule has 140 valence electrons. The summed E-state index contributed by atoms with van der Waals surface area (Å²) in [4.78, 5) is 4.49. The van der Waals surface area contributed by atoms with E-state index in [-0.39, 0.29) is 0 Å². The number of methoxy groups -OCH3 is 1. The number of aromatic nitrogens is 1. The largest absolute Gasteiger partial charge is 0.496 e. The lowest BCUT2D eigenvalue weighted by Crippen LogP contribution is -2.26. The number of nitrogens with zero attached hydrogens (tertiary/aromatic N) is 2. The molecule has 0 aliphatic carbocycles. The average Bonchev–Trinajstić information content (AvgIpc) is 2.67. The van der Waals surface area contributed by atoms with E-state index in [4.69, 9.17) is 15.3 Å². The molecular formula is C22H25N3O2. The monoisotopic (exact) mass is 363 g/mol. The third kappa shape index (κ3) is 4.04. The van der Waals surface area contributed by atoms with E-state index in [0.717, 1.165) is 45.1 Å². The molecule has 0 unspecified atom stereocenters. The first-order chi connectivity index (χ1) is 13.0. The Bertz CT molecular complexity index is 939. The highest BCUT2D eigenvalue weighted by atomic mass is 16.5. The van der Waals surface area contributed by atoms with Crippen molar-refractivity contribution in [2.45, 2.75) is 20.5 Å². The zero-order chi connectivity index (χ0) is 19.4. The summed E-state index contributed by atoms with van der Waals surface area (Å²) in [5.74, 6) is 7.53. The van der Waals surface area contributed by atoms with Gasteiger partial charge in [0.25, 0.3) is 0 Å². The van der Waals surface area contributed by atoms with Crippen LogP contribution < -0.4 is 20.3 Å². The van der Waals surface area contributed by atoms with Crippen LogP contribution in [0, 0.1) is 13.8 Å². The van der Waals surface area contributed by atoms with Crippen molar-refractivity contribution in [3.8, 4) is 22.8 Å². The molecule has 2 N–H and O–H groups in total. The molecule has 0 aliphatic rings. The third-order valence-corrected chi connectivity index (χ3v) is 4.54. The Morgan fingerprint density at radius 3 is 2.48 bits per heavy atom. The van der Waals surface area contributed by atoms with Crippen LogP contribution in [-0.4, -0.2) is 19.1 Å². The van der Waals surface area contributed by atoms with Crippen LogP contribution in [0.3, 0.4) is 0 Å². The molecule has 1 heterocycles. The molecule has 0 spiro atoms. The molecule has 2 aromatic carbocycles. The second-order valence-electron chi connectivity index (χ2n) is 6.51. The number of hydrazine groups is 1. The van der Waals surface area contributed by atoms with Crippen molar-refractivity contribution in [1.82, 2.24) is 4.98 Å². The zero-order valence-electron chi connectivity index (χ0n) is 16.2. The van der Waals surface area contributed by atoms with Crippen LogP contribution in [0.25, 0.3) is 11.3 Å². The first kappa shape index (κ1) is 18.7. The number of ether oxygens (including phenoxy) is 2. The fourth-order valence-electron chi connectivity index (χ4n) is 3.12. The summed E-state index contributed by atoms with van der Waals surface area (Å²) >= 11 is 0. The summed E-state index contributed by atoms with van der Waals surface area (Å²) in [6.45, 7) is 4.47. The number of hydrogen-bond donors (Lipinski definition) is 1. The van der Waals surface area contributed by atoms with Gasteiger partial charge in [-0.05, 0) is 61.4 Å². The summed E-state index contributed by atoms with van der Waals surface area (Å²) in [7, 11) is 3.45. The maximum Gasteiger partial charge on any atom is 0.127 e. The summed E-state index contributed by atoms with van der Waals surface area (Å²) < 4.78 is 11.6. The number of pyridine rings is 1. The summed E-state index contributed by atoms with van der Waals surface area (Å²) in [6.07, 6.45) is 1.81. The van der Waals surface area contributed by atoms with Gasteiger partial charge in [0, 0.05) is 18.8 Å². The highest BCUT2D eigenvalue weighted by Crippen LogP contribution is 2.31. The van der Waals surface area contributed by atoms with Crippen molar-refractivity contribution in [3.05, 3.63) is 71.4 Å². The summed E-state index contributed by atoms with van der Waals surface area (Å²) in [5.41, 5.74) is 6.05. The Balaban J connectivity index is 1.85. The van der Waals surface area contributed by atoms with Gasteiger partial charge in [-0.1, -0.05) is 12.1 Å². The average molecular weight is 363 g/mol. The number of anilines is 1. The van der Waals surface area contributed by atoms with E-state index in [0.29, 0.717) is 6.61 Å². The number of nitrogens with two attached hydrogens (primary N) is 1. The van der Waals surface area contributed by atoms with Gasteiger partial charge in [-0.2, -0.15) is 0 Å². The van der Waals surface area contributed by atoms with Crippen molar-refractivity contribution in [2.24, 2.45) is 5.84 Å². The van der Waals surface area contributed by atoms with Gasteiger partial charge in [0.15, 0.2) is 0 Å². The van der Waals surface area contributed by atoms with E-state index in [1.807, 2.05) is 49.5 Å². The van der Waals surface area contributed by atoms with Gasteiger partial charge in [0.1, 0.15) is 18.1 Å². The Kier molecular flexibility index (Phi) is 5.62. The van der Waals surface area contributed by atoms with Crippen molar-refractivity contribution < 1.29 is 9.47 Å². The predicted octanol–water partition coefficient (Wildman–Crippen LogP) is 4.26. The predicted molar refractivity (Wildman–Crippen MR) is 109 cm³/mol. The van der Waals surface area contributed by atoms with Crippen molar-refractivity contribution in [2.75, 3.05) is 19.2 Å². The summed E-state index contributed by atoms with van der Waals surface area (Å²) in [6, 6.07) is 15.9. The van der Waals surface area contributed by atoms with Gasteiger partial charge in [-0.25, -0.2) is 5.84 Å². The van der Waals surface area contributed by atoms with Crippen LogP contribution in [0.2, 0.25) is 0 Å². The number of benzene rings is 2.